The van der Waals surface area contributed by atoms with Gasteiger partial charge in [0.25, 0.3) is 11.8 Å². The number of aromatic nitrogens is 2. The maximum absolute atomic E-state index is 13.3. The Balaban J connectivity index is 1.30. The molecule has 1 N–H and O–H groups in total. The van der Waals surface area contributed by atoms with Gasteiger partial charge in [-0.1, -0.05) is 32.3 Å². The lowest BCUT2D eigenvalue weighted by Gasteiger charge is -2.48. The van der Waals surface area contributed by atoms with Crippen molar-refractivity contribution in [2.45, 2.75) is 70.8 Å². The summed E-state index contributed by atoms with van der Waals surface area (Å²) in [7, 11) is 4.00. The first-order valence-corrected chi connectivity index (χ1v) is 13.6. The molecule has 7 nitrogen and oxygen atoms in total. The minimum Gasteiger partial charge on any atom is -0.350 e. The van der Waals surface area contributed by atoms with Crippen molar-refractivity contribution >= 4 is 17.5 Å². The van der Waals surface area contributed by atoms with E-state index >= 15 is 0 Å². The van der Waals surface area contributed by atoms with Crippen LogP contribution in [0.2, 0.25) is 0 Å². The molecule has 3 fully saturated rings. The van der Waals surface area contributed by atoms with Crippen molar-refractivity contribution < 1.29 is 9.59 Å². The van der Waals surface area contributed by atoms with Crippen molar-refractivity contribution in [2.75, 3.05) is 33.7 Å². The Labute approximate surface area is 209 Å². The molecule has 0 radical (unpaired) electrons. The smallest absolute Gasteiger partial charge is 0.274 e. The lowest BCUT2D eigenvalue weighted by Crippen LogP contribution is -2.45. The number of piperidine rings is 1. The van der Waals surface area contributed by atoms with Gasteiger partial charge in [-0.15, -0.1) is 0 Å². The number of imidazole rings is 1. The van der Waals surface area contributed by atoms with Crippen LogP contribution in [0.15, 0.2) is 24.4 Å². The molecular weight excluding hydrogens is 438 g/mol. The number of fused-ring (bicyclic) bond motifs is 3. The Hall–Kier alpha value is -2.41. The lowest BCUT2D eigenvalue weighted by molar-refractivity contribution is 0.0368. The van der Waals surface area contributed by atoms with Gasteiger partial charge in [-0.2, -0.15) is 0 Å². The van der Waals surface area contributed by atoms with Crippen LogP contribution in [0.3, 0.4) is 0 Å². The molecule has 1 aliphatic heterocycles. The first-order chi connectivity index (χ1) is 16.9. The van der Waals surface area contributed by atoms with E-state index in [1.807, 2.05) is 30.1 Å². The van der Waals surface area contributed by atoms with Gasteiger partial charge in [0.2, 0.25) is 0 Å². The van der Waals surface area contributed by atoms with E-state index in [1.54, 1.807) is 10.6 Å². The average molecular weight is 480 g/mol. The third-order valence-corrected chi connectivity index (χ3v) is 9.13. The summed E-state index contributed by atoms with van der Waals surface area (Å²) in [6.45, 7) is 5.05. The first kappa shape index (κ1) is 24.3. The van der Waals surface area contributed by atoms with Crippen molar-refractivity contribution in [1.82, 2.24) is 24.5 Å². The summed E-state index contributed by atoms with van der Waals surface area (Å²) in [6, 6.07) is 5.78. The minimum atomic E-state index is -0.0780. The number of carbonyl (C=O) groups is 2. The van der Waals surface area contributed by atoms with Crippen molar-refractivity contribution in [3.8, 4) is 0 Å². The fraction of sp³-hybridized carbons (Fsp3) is 0.679. The molecule has 190 valence electrons. The summed E-state index contributed by atoms with van der Waals surface area (Å²) in [4.78, 5) is 35.3. The van der Waals surface area contributed by atoms with E-state index in [1.165, 1.54) is 44.9 Å². The number of hydrogen-bond donors (Lipinski definition) is 1. The zero-order valence-electron chi connectivity index (χ0n) is 21.6. The molecule has 5 rings (SSSR count). The van der Waals surface area contributed by atoms with E-state index in [9.17, 15) is 9.59 Å². The second-order valence-corrected chi connectivity index (χ2v) is 11.6. The molecule has 2 aromatic heterocycles. The molecule has 3 unspecified atom stereocenters. The van der Waals surface area contributed by atoms with Crippen molar-refractivity contribution in [3.63, 3.8) is 0 Å². The topological polar surface area (TPSA) is 70.0 Å². The van der Waals surface area contributed by atoms with Gasteiger partial charge in [0.05, 0.1) is 0 Å². The molecule has 3 aliphatic rings. The number of hydrogen-bond acceptors (Lipinski definition) is 4. The highest BCUT2D eigenvalue weighted by molar-refractivity contribution is 5.95. The van der Waals surface area contributed by atoms with E-state index in [-0.39, 0.29) is 23.3 Å². The monoisotopic (exact) mass is 479 g/mol. The Morgan fingerprint density at radius 1 is 1.20 bits per heavy atom. The summed E-state index contributed by atoms with van der Waals surface area (Å²) in [5, 5.41) is 3.28. The fourth-order valence-corrected chi connectivity index (χ4v) is 7.07. The van der Waals surface area contributed by atoms with Gasteiger partial charge in [0.1, 0.15) is 17.0 Å². The molecular formula is C28H41N5O2. The number of nitrogens with one attached hydrogen (secondary N) is 1. The van der Waals surface area contributed by atoms with Gasteiger partial charge in [-0.05, 0) is 88.0 Å². The SMILES string of the molecule is CCC1CC2CCCC(CNC(=O)c3cccc4nc(C(=O)N(C)C5CCN(C)CC5)cn34)(C1)C2. The maximum atomic E-state index is 13.3. The number of likely N-dealkylation sites (tertiary alicyclic amines) is 1. The molecule has 0 spiro atoms. The Morgan fingerprint density at radius 2 is 2.00 bits per heavy atom. The maximum Gasteiger partial charge on any atom is 0.274 e. The second-order valence-electron chi connectivity index (χ2n) is 11.6. The molecule has 1 saturated heterocycles. The fourth-order valence-electron chi connectivity index (χ4n) is 7.07. The summed E-state index contributed by atoms with van der Waals surface area (Å²) < 4.78 is 1.78. The summed E-state index contributed by atoms with van der Waals surface area (Å²) in [6.07, 6.45) is 12.6. The molecule has 3 atom stereocenters. The highest BCUT2D eigenvalue weighted by Gasteiger charge is 2.42. The van der Waals surface area contributed by atoms with Gasteiger partial charge in [-0.3, -0.25) is 14.0 Å². The van der Waals surface area contributed by atoms with Crippen molar-refractivity contribution in [2.24, 2.45) is 17.3 Å². The molecule has 2 aliphatic carbocycles. The molecule has 7 heteroatoms. The van der Waals surface area contributed by atoms with Crippen LogP contribution in [-0.2, 0) is 0 Å². The molecule has 2 aromatic rings. The van der Waals surface area contributed by atoms with E-state index in [2.05, 4.69) is 29.2 Å². The highest BCUT2D eigenvalue weighted by atomic mass is 16.2. The van der Waals surface area contributed by atoms with Gasteiger partial charge in [-0.25, -0.2) is 4.98 Å². The minimum absolute atomic E-state index is 0.0745. The van der Waals surface area contributed by atoms with Crippen LogP contribution in [0.5, 0.6) is 0 Å². The number of pyridine rings is 1. The largest absolute Gasteiger partial charge is 0.350 e. The van der Waals surface area contributed by atoms with E-state index in [4.69, 9.17) is 0 Å². The normalized spacial score (nSPS) is 27.6. The Bertz CT molecular complexity index is 1070. The predicted octanol–water partition coefficient (Wildman–Crippen LogP) is 4.23. The quantitative estimate of drug-likeness (QED) is 0.673. The van der Waals surface area contributed by atoms with Crippen LogP contribution >= 0.6 is 0 Å². The third kappa shape index (κ3) is 4.97. The van der Waals surface area contributed by atoms with Gasteiger partial charge >= 0.3 is 0 Å². The zero-order chi connectivity index (χ0) is 24.6. The number of rotatable bonds is 6. The molecule has 3 heterocycles. The van der Waals surface area contributed by atoms with Crippen LogP contribution < -0.4 is 5.32 Å². The molecule has 2 saturated carbocycles. The first-order valence-electron chi connectivity index (χ1n) is 13.6. The number of carbonyl (C=O) groups excluding carboxylic acids is 2. The van der Waals surface area contributed by atoms with Crippen molar-refractivity contribution in [3.05, 3.63) is 35.8 Å². The van der Waals surface area contributed by atoms with Crippen molar-refractivity contribution in [1.29, 1.82) is 0 Å². The van der Waals surface area contributed by atoms with Gasteiger partial charge in [0, 0.05) is 25.8 Å². The molecule has 0 aromatic carbocycles. The summed E-state index contributed by atoms with van der Waals surface area (Å²) >= 11 is 0. The van der Waals surface area contributed by atoms with E-state index in [0.29, 0.717) is 17.0 Å². The van der Waals surface area contributed by atoms with E-state index < -0.39 is 0 Å². The second kappa shape index (κ2) is 9.92. The van der Waals surface area contributed by atoms with Crippen LogP contribution in [0, 0.1) is 17.3 Å². The zero-order valence-corrected chi connectivity index (χ0v) is 21.6. The van der Waals surface area contributed by atoms with Crippen LogP contribution in [-0.4, -0.2) is 70.8 Å². The summed E-state index contributed by atoms with van der Waals surface area (Å²) in [5.41, 5.74) is 1.83. The van der Waals surface area contributed by atoms with Gasteiger partial charge < -0.3 is 15.1 Å². The number of amides is 2. The number of nitrogens with zero attached hydrogens (tertiary/aromatic N) is 4. The Morgan fingerprint density at radius 3 is 2.77 bits per heavy atom. The third-order valence-electron chi connectivity index (χ3n) is 9.13. The van der Waals surface area contributed by atoms with Crippen LogP contribution in [0.1, 0.15) is 85.7 Å². The Kier molecular flexibility index (Phi) is 6.88. The standard InChI is InChI=1S/C28H41N5O2/c1-4-20-15-21-7-6-12-28(16-20,17-21)19-29-26(34)24-8-5-9-25-30-23(18-33(24)25)27(35)32(3)22-10-13-31(2)14-11-22/h5,8-9,18,20-22H,4,6-7,10-17,19H2,1-3H3,(H,29,34). The van der Waals surface area contributed by atoms with Crippen LogP contribution in [0.25, 0.3) is 5.65 Å². The molecule has 2 amide bonds. The predicted molar refractivity (Wildman–Crippen MR) is 138 cm³/mol. The van der Waals surface area contributed by atoms with Crippen LogP contribution in [0.4, 0.5) is 0 Å². The highest BCUT2D eigenvalue weighted by Crippen LogP contribution is 2.51. The lowest BCUT2D eigenvalue weighted by atomic mass is 9.58. The summed E-state index contributed by atoms with van der Waals surface area (Å²) in [5.74, 6) is 1.46. The van der Waals surface area contributed by atoms with E-state index in [0.717, 1.165) is 44.3 Å². The molecule has 2 bridgehead atoms. The van der Waals surface area contributed by atoms with Gasteiger partial charge in [0.15, 0.2) is 0 Å². The molecule has 35 heavy (non-hydrogen) atoms. The average Bonchev–Trinajstić information content (AvgIpc) is 3.31.